The standard InChI is InChI=1S/C14H17BrN2S/c1-9-16-14-11(8-18-2)5-12(15)6-13(14)17(9)7-10-3-4-10/h5-6,10H,3-4,7-8H2,1-2H3. The van der Waals surface area contributed by atoms with Crippen LogP contribution in [-0.2, 0) is 12.3 Å². The first-order chi connectivity index (χ1) is 8.69. The van der Waals surface area contributed by atoms with Gasteiger partial charge >= 0.3 is 0 Å². The Bertz CT molecular complexity index is 587. The van der Waals surface area contributed by atoms with E-state index >= 15 is 0 Å². The third-order valence-electron chi connectivity index (χ3n) is 3.53. The molecule has 4 heteroatoms. The normalized spacial score (nSPS) is 15.5. The molecule has 1 aromatic heterocycles. The summed E-state index contributed by atoms with van der Waals surface area (Å²) in [6.07, 6.45) is 4.90. The van der Waals surface area contributed by atoms with Gasteiger partial charge in [-0.3, -0.25) is 0 Å². The minimum Gasteiger partial charge on any atom is -0.328 e. The van der Waals surface area contributed by atoms with Gasteiger partial charge < -0.3 is 4.57 Å². The van der Waals surface area contributed by atoms with Crippen LogP contribution < -0.4 is 0 Å². The molecule has 2 aromatic rings. The van der Waals surface area contributed by atoms with Crippen molar-refractivity contribution in [1.29, 1.82) is 0 Å². The molecule has 0 spiro atoms. The second kappa shape index (κ2) is 4.89. The molecule has 1 saturated carbocycles. The number of imidazole rings is 1. The lowest BCUT2D eigenvalue weighted by molar-refractivity contribution is 0.626. The van der Waals surface area contributed by atoms with Crippen LogP contribution in [0.25, 0.3) is 11.0 Å². The van der Waals surface area contributed by atoms with E-state index in [1.807, 2.05) is 11.8 Å². The molecule has 0 atom stereocenters. The first kappa shape index (κ1) is 12.5. The molecule has 1 heterocycles. The maximum atomic E-state index is 4.78. The molecule has 96 valence electrons. The highest BCUT2D eigenvalue weighted by Gasteiger charge is 2.24. The number of thioether (sulfide) groups is 1. The van der Waals surface area contributed by atoms with Gasteiger partial charge in [-0.2, -0.15) is 11.8 Å². The molecule has 18 heavy (non-hydrogen) atoms. The zero-order valence-electron chi connectivity index (χ0n) is 10.7. The van der Waals surface area contributed by atoms with Gasteiger partial charge in [-0.25, -0.2) is 4.98 Å². The monoisotopic (exact) mass is 324 g/mol. The van der Waals surface area contributed by atoms with Gasteiger partial charge in [-0.05, 0) is 49.6 Å². The molecule has 0 N–H and O–H groups in total. The number of aryl methyl sites for hydroxylation is 1. The predicted molar refractivity (Wildman–Crippen MR) is 82.1 cm³/mol. The van der Waals surface area contributed by atoms with Crippen molar-refractivity contribution in [3.05, 3.63) is 28.0 Å². The molecule has 0 aliphatic heterocycles. The van der Waals surface area contributed by atoms with Crippen LogP contribution in [0, 0.1) is 12.8 Å². The van der Waals surface area contributed by atoms with Gasteiger partial charge in [0, 0.05) is 16.8 Å². The Labute approximate surface area is 120 Å². The zero-order valence-corrected chi connectivity index (χ0v) is 13.1. The highest BCUT2D eigenvalue weighted by molar-refractivity contribution is 9.10. The SMILES string of the molecule is CSCc1cc(Br)cc2c1nc(C)n2CC1CC1. The lowest BCUT2D eigenvalue weighted by atomic mass is 10.2. The van der Waals surface area contributed by atoms with Gasteiger partial charge in [0.25, 0.3) is 0 Å². The largest absolute Gasteiger partial charge is 0.328 e. The number of fused-ring (bicyclic) bond motifs is 1. The molecule has 0 saturated heterocycles. The Balaban J connectivity index is 2.14. The number of hydrogen-bond donors (Lipinski definition) is 0. The van der Waals surface area contributed by atoms with E-state index in [1.165, 1.54) is 29.4 Å². The van der Waals surface area contributed by atoms with Crippen LogP contribution in [0.3, 0.4) is 0 Å². The summed E-state index contributed by atoms with van der Waals surface area (Å²) in [6.45, 7) is 3.26. The number of rotatable bonds is 4. The smallest absolute Gasteiger partial charge is 0.106 e. The minimum absolute atomic E-state index is 0.879. The summed E-state index contributed by atoms with van der Waals surface area (Å²) in [7, 11) is 0. The van der Waals surface area contributed by atoms with Crippen molar-refractivity contribution in [2.24, 2.45) is 5.92 Å². The Hall–Kier alpha value is -0.480. The topological polar surface area (TPSA) is 17.8 Å². The highest BCUT2D eigenvalue weighted by atomic mass is 79.9. The summed E-state index contributed by atoms with van der Waals surface area (Å²) in [5.41, 5.74) is 3.81. The van der Waals surface area contributed by atoms with Crippen LogP contribution in [0.15, 0.2) is 16.6 Å². The fraction of sp³-hybridized carbons (Fsp3) is 0.500. The van der Waals surface area contributed by atoms with Gasteiger partial charge in [0.15, 0.2) is 0 Å². The maximum absolute atomic E-state index is 4.78. The molecule has 2 nitrogen and oxygen atoms in total. The fourth-order valence-electron chi connectivity index (χ4n) is 2.43. The summed E-state index contributed by atoms with van der Waals surface area (Å²) in [5.74, 6) is 3.05. The lowest BCUT2D eigenvalue weighted by Gasteiger charge is -2.07. The van der Waals surface area contributed by atoms with E-state index in [-0.39, 0.29) is 0 Å². The van der Waals surface area contributed by atoms with Gasteiger partial charge in [0.1, 0.15) is 5.82 Å². The fourth-order valence-corrected chi connectivity index (χ4v) is 3.45. The minimum atomic E-state index is 0.879. The van der Waals surface area contributed by atoms with E-state index in [0.29, 0.717) is 0 Å². The van der Waals surface area contributed by atoms with Gasteiger partial charge in [-0.1, -0.05) is 15.9 Å². The summed E-state index contributed by atoms with van der Waals surface area (Å²) >= 11 is 5.48. The second-order valence-corrected chi connectivity index (χ2v) is 6.86. The quantitative estimate of drug-likeness (QED) is 0.830. The third-order valence-corrected chi connectivity index (χ3v) is 4.58. The molecule has 0 unspecified atom stereocenters. The number of halogens is 1. The van der Waals surface area contributed by atoms with Crippen molar-refractivity contribution in [3.8, 4) is 0 Å². The molecule has 1 fully saturated rings. The van der Waals surface area contributed by atoms with Crippen LogP contribution in [-0.4, -0.2) is 15.8 Å². The molecule has 0 radical (unpaired) electrons. The average molecular weight is 325 g/mol. The van der Waals surface area contributed by atoms with Crippen LogP contribution in [0.4, 0.5) is 0 Å². The Morgan fingerprint density at radius 3 is 2.89 bits per heavy atom. The Kier molecular flexibility index (Phi) is 3.41. The molecule has 1 aliphatic rings. The van der Waals surface area contributed by atoms with E-state index in [4.69, 9.17) is 4.98 Å². The highest BCUT2D eigenvalue weighted by Crippen LogP contribution is 2.34. The molecular formula is C14H17BrN2S. The van der Waals surface area contributed by atoms with Gasteiger partial charge in [-0.15, -0.1) is 0 Å². The van der Waals surface area contributed by atoms with Crippen molar-refractivity contribution in [2.45, 2.75) is 32.1 Å². The van der Waals surface area contributed by atoms with Crippen LogP contribution in [0.5, 0.6) is 0 Å². The maximum Gasteiger partial charge on any atom is 0.106 e. The third kappa shape index (κ3) is 2.32. The van der Waals surface area contributed by atoms with Crippen molar-refractivity contribution >= 4 is 38.7 Å². The predicted octanol–water partition coefficient (Wildman–Crippen LogP) is 4.38. The van der Waals surface area contributed by atoms with Crippen molar-refractivity contribution in [1.82, 2.24) is 9.55 Å². The number of aromatic nitrogens is 2. The molecule has 1 aromatic carbocycles. The Morgan fingerprint density at radius 1 is 1.44 bits per heavy atom. The van der Waals surface area contributed by atoms with Crippen molar-refractivity contribution in [2.75, 3.05) is 6.26 Å². The van der Waals surface area contributed by atoms with Gasteiger partial charge in [0.2, 0.25) is 0 Å². The summed E-state index contributed by atoms with van der Waals surface area (Å²) in [4.78, 5) is 4.78. The van der Waals surface area contributed by atoms with Crippen LogP contribution >= 0.6 is 27.7 Å². The van der Waals surface area contributed by atoms with Crippen LogP contribution in [0.1, 0.15) is 24.2 Å². The average Bonchev–Trinajstić information content (AvgIpc) is 3.08. The van der Waals surface area contributed by atoms with E-state index in [1.54, 1.807) is 0 Å². The lowest BCUT2D eigenvalue weighted by Crippen LogP contribution is -2.01. The first-order valence-corrected chi connectivity index (χ1v) is 8.52. The van der Waals surface area contributed by atoms with Crippen LogP contribution in [0.2, 0.25) is 0 Å². The van der Waals surface area contributed by atoms with Crippen molar-refractivity contribution < 1.29 is 0 Å². The molecule has 0 bridgehead atoms. The molecule has 3 rings (SSSR count). The number of nitrogens with zero attached hydrogens (tertiary/aromatic N) is 2. The first-order valence-electron chi connectivity index (χ1n) is 6.33. The zero-order chi connectivity index (χ0) is 12.7. The summed E-state index contributed by atoms with van der Waals surface area (Å²) in [5, 5.41) is 0. The van der Waals surface area contributed by atoms with Crippen molar-refractivity contribution in [3.63, 3.8) is 0 Å². The molecular weight excluding hydrogens is 308 g/mol. The number of hydrogen-bond acceptors (Lipinski definition) is 2. The van der Waals surface area contributed by atoms with E-state index in [0.717, 1.165) is 28.5 Å². The summed E-state index contributed by atoms with van der Waals surface area (Å²) in [6, 6.07) is 4.41. The number of benzene rings is 1. The van der Waals surface area contributed by atoms with E-state index < -0.39 is 0 Å². The Morgan fingerprint density at radius 2 is 2.22 bits per heavy atom. The van der Waals surface area contributed by atoms with E-state index in [2.05, 4.69) is 45.8 Å². The molecule has 1 aliphatic carbocycles. The molecule has 0 amide bonds. The van der Waals surface area contributed by atoms with Gasteiger partial charge in [0.05, 0.1) is 11.0 Å². The second-order valence-electron chi connectivity index (χ2n) is 5.08. The summed E-state index contributed by atoms with van der Waals surface area (Å²) < 4.78 is 3.55. The van der Waals surface area contributed by atoms with E-state index in [9.17, 15) is 0 Å².